The first kappa shape index (κ1) is 14.4. The first-order chi connectivity index (χ1) is 9.13. The molecular formula is C15H20BrNO2. The normalized spacial score (nSPS) is 18.8. The SMILES string of the molecule is CC(C)C(CCBr)NC(=O)C1COc2ccccc21. The summed E-state index contributed by atoms with van der Waals surface area (Å²) in [6.45, 7) is 4.71. The van der Waals surface area contributed by atoms with Gasteiger partial charge in [0, 0.05) is 16.9 Å². The lowest BCUT2D eigenvalue weighted by atomic mass is 9.97. The molecule has 1 aromatic carbocycles. The van der Waals surface area contributed by atoms with Crippen molar-refractivity contribution >= 4 is 21.8 Å². The number of nitrogens with one attached hydrogen (secondary N) is 1. The minimum absolute atomic E-state index is 0.0737. The number of carbonyl (C=O) groups is 1. The Morgan fingerprint density at radius 1 is 1.47 bits per heavy atom. The molecule has 104 valence electrons. The molecule has 1 aliphatic heterocycles. The fourth-order valence-electron chi connectivity index (χ4n) is 2.35. The van der Waals surface area contributed by atoms with Gasteiger partial charge in [0.1, 0.15) is 18.3 Å². The number of rotatable bonds is 5. The molecule has 0 radical (unpaired) electrons. The van der Waals surface area contributed by atoms with Crippen LogP contribution in [-0.2, 0) is 4.79 Å². The zero-order valence-corrected chi connectivity index (χ0v) is 12.9. The maximum absolute atomic E-state index is 12.4. The van der Waals surface area contributed by atoms with Crippen LogP contribution in [0.25, 0.3) is 0 Å². The molecule has 2 unspecified atom stereocenters. The lowest BCUT2D eigenvalue weighted by Gasteiger charge is -2.23. The topological polar surface area (TPSA) is 38.3 Å². The molecule has 0 aliphatic carbocycles. The van der Waals surface area contributed by atoms with E-state index in [4.69, 9.17) is 4.74 Å². The number of amides is 1. The molecular weight excluding hydrogens is 306 g/mol. The molecule has 0 saturated carbocycles. The minimum atomic E-state index is -0.173. The third kappa shape index (κ3) is 3.30. The van der Waals surface area contributed by atoms with E-state index in [1.165, 1.54) is 0 Å². The van der Waals surface area contributed by atoms with Crippen molar-refractivity contribution in [3.63, 3.8) is 0 Å². The predicted octanol–water partition coefficient (Wildman–Crippen LogP) is 3.09. The van der Waals surface area contributed by atoms with Gasteiger partial charge in [0.05, 0.1) is 0 Å². The summed E-state index contributed by atoms with van der Waals surface area (Å²) in [4.78, 5) is 12.4. The fourth-order valence-corrected chi connectivity index (χ4v) is 2.85. The van der Waals surface area contributed by atoms with Crippen molar-refractivity contribution in [1.82, 2.24) is 5.32 Å². The second-order valence-corrected chi connectivity index (χ2v) is 6.03. The highest BCUT2D eigenvalue weighted by Gasteiger charge is 2.31. The van der Waals surface area contributed by atoms with Gasteiger partial charge in [-0.3, -0.25) is 4.79 Å². The third-order valence-corrected chi connectivity index (χ3v) is 4.03. The van der Waals surface area contributed by atoms with E-state index in [1.807, 2.05) is 24.3 Å². The van der Waals surface area contributed by atoms with Crippen LogP contribution >= 0.6 is 15.9 Å². The average Bonchev–Trinajstić information content (AvgIpc) is 2.81. The van der Waals surface area contributed by atoms with E-state index in [0.717, 1.165) is 23.1 Å². The van der Waals surface area contributed by atoms with Crippen molar-refractivity contribution in [2.75, 3.05) is 11.9 Å². The van der Waals surface area contributed by atoms with Crippen LogP contribution in [0.15, 0.2) is 24.3 Å². The monoisotopic (exact) mass is 325 g/mol. The zero-order valence-electron chi connectivity index (χ0n) is 11.4. The van der Waals surface area contributed by atoms with Crippen LogP contribution in [0.3, 0.4) is 0 Å². The molecule has 19 heavy (non-hydrogen) atoms. The van der Waals surface area contributed by atoms with Crippen LogP contribution in [0.5, 0.6) is 5.75 Å². The van der Waals surface area contributed by atoms with Crippen LogP contribution in [-0.4, -0.2) is 23.9 Å². The van der Waals surface area contributed by atoms with Crippen LogP contribution in [0.1, 0.15) is 31.7 Å². The highest BCUT2D eigenvalue weighted by molar-refractivity contribution is 9.09. The van der Waals surface area contributed by atoms with E-state index >= 15 is 0 Å². The molecule has 0 saturated heterocycles. The number of halogens is 1. The Hall–Kier alpha value is -1.03. The van der Waals surface area contributed by atoms with Gasteiger partial charge >= 0.3 is 0 Å². The Bertz CT molecular complexity index is 448. The average molecular weight is 326 g/mol. The second-order valence-electron chi connectivity index (χ2n) is 5.24. The number of hydrogen-bond acceptors (Lipinski definition) is 2. The van der Waals surface area contributed by atoms with Crippen molar-refractivity contribution in [3.05, 3.63) is 29.8 Å². The number of para-hydroxylation sites is 1. The number of carbonyl (C=O) groups excluding carboxylic acids is 1. The molecule has 4 heteroatoms. The summed E-state index contributed by atoms with van der Waals surface area (Å²) in [5.74, 6) is 1.17. The summed E-state index contributed by atoms with van der Waals surface area (Å²) < 4.78 is 5.56. The Morgan fingerprint density at radius 3 is 2.89 bits per heavy atom. The van der Waals surface area contributed by atoms with Crippen molar-refractivity contribution in [1.29, 1.82) is 0 Å². The van der Waals surface area contributed by atoms with Crippen LogP contribution in [0.2, 0.25) is 0 Å². The van der Waals surface area contributed by atoms with Crippen molar-refractivity contribution < 1.29 is 9.53 Å². The van der Waals surface area contributed by atoms with Gasteiger partial charge < -0.3 is 10.1 Å². The number of benzene rings is 1. The summed E-state index contributed by atoms with van der Waals surface area (Å²) >= 11 is 3.44. The summed E-state index contributed by atoms with van der Waals surface area (Å²) in [6.07, 6.45) is 0.943. The summed E-state index contributed by atoms with van der Waals surface area (Å²) in [5.41, 5.74) is 1.00. The molecule has 0 bridgehead atoms. The number of hydrogen-bond donors (Lipinski definition) is 1. The first-order valence-electron chi connectivity index (χ1n) is 6.71. The maximum atomic E-state index is 12.4. The Kier molecular flexibility index (Phi) is 4.86. The Balaban J connectivity index is 2.05. The molecule has 0 spiro atoms. The van der Waals surface area contributed by atoms with Crippen LogP contribution in [0.4, 0.5) is 0 Å². The lowest BCUT2D eigenvalue weighted by molar-refractivity contribution is -0.123. The van der Waals surface area contributed by atoms with Crippen molar-refractivity contribution in [2.45, 2.75) is 32.2 Å². The largest absolute Gasteiger partial charge is 0.492 e. The molecule has 0 aromatic heterocycles. The summed E-state index contributed by atoms with van der Waals surface area (Å²) in [7, 11) is 0. The van der Waals surface area contributed by atoms with E-state index in [0.29, 0.717) is 12.5 Å². The van der Waals surface area contributed by atoms with Gasteiger partial charge in [-0.25, -0.2) is 0 Å². The molecule has 3 nitrogen and oxygen atoms in total. The molecule has 1 aliphatic rings. The van der Waals surface area contributed by atoms with Gasteiger partial charge in [-0.05, 0) is 18.4 Å². The number of ether oxygens (including phenoxy) is 1. The highest BCUT2D eigenvalue weighted by atomic mass is 79.9. The second kappa shape index (κ2) is 6.42. The van der Waals surface area contributed by atoms with Gasteiger partial charge in [-0.15, -0.1) is 0 Å². The van der Waals surface area contributed by atoms with E-state index < -0.39 is 0 Å². The molecule has 2 rings (SSSR count). The van der Waals surface area contributed by atoms with Crippen LogP contribution < -0.4 is 10.1 Å². The molecule has 1 heterocycles. The van der Waals surface area contributed by atoms with Crippen molar-refractivity contribution in [3.8, 4) is 5.75 Å². The maximum Gasteiger partial charge on any atom is 0.231 e. The molecule has 2 atom stereocenters. The van der Waals surface area contributed by atoms with E-state index in [1.54, 1.807) is 0 Å². The van der Waals surface area contributed by atoms with E-state index in [2.05, 4.69) is 35.1 Å². The zero-order chi connectivity index (χ0) is 13.8. The fraction of sp³-hybridized carbons (Fsp3) is 0.533. The smallest absolute Gasteiger partial charge is 0.231 e. The molecule has 1 amide bonds. The standard InChI is InChI=1S/C15H20BrNO2/c1-10(2)13(7-8-16)17-15(18)12-9-19-14-6-4-3-5-11(12)14/h3-6,10,12-13H,7-9H2,1-2H3,(H,17,18). The minimum Gasteiger partial charge on any atom is -0.492 e. The Labute approximate surface area is 122 Å². The summed E-state index contributed by atoms with van der Waals surface area (Å²) in [5, 5.41) is 4.05. The number of fused-ring (bicyclic) bond motifs is 1. The van der Waals surface area contributed by atoms with Crippen LogP contribution in [0, 0.1) is 5.92 Å². The van der Waals surface area contributed by atoms with Gasteiger partial charge in [0.25, 0.3) is 0 Å². The summed E-state index contributed by atoms with van der Waals surface area (Å²) in [6, 6.07) is 7.98. The van der Waals surface area contributed by atoms with Gasteiger partial charge in [-0.2, -0.15) is 0 Å². The molecule has 1 N–H and O–H groups in total. The highest BCUT2D eigenvalue weighted by Crippen LogP contribution is 2.33. The number of alkyl halides is 1. The van der Waals surface area contributed by atoms with Gasteiger partial charge in [-0.1, -0.05) is 48.0 Å². The Morgan fingerprint density at radius 2 is 2.21 bits per heavy atom. The van der Waals surface area contributed by atoms with E-state index in [9.17, 15) is 4.79 Å². The van der Waals surface area contributed by atoms with Gasteiger partial charge in [0.15, 0.2) is 0 Å². The quantitative estimate of drug-likeness (QED) is 0.845. The first-order valence-corrected chi connectivity index (χ1v) is 7.83. The van der Waals surface area contributed by atoms with E-state index in [-0.39, 0.29) is 17.9 Å². The van der Waals surface area contributed by atoms with Gasteiger partial charge in [0.2, 0.25) is 5.91 Å². The van der Waals surface area contributed by atoms with Crippen molar-refractivity contribution in [2.24, 2.45) is 5.92 Å². The molecule has 1 aromatic rings. The molecule has 0 fully saturated rings. The third-order valence-electron chi connectivity index (χ3n) is 3.57. The predicted molar refractivity (Wildman–Crippen MR) is 79.9 cm³/mol. The lowest BCUT2D eigenvalue weighted by Crippen LogP contribution is -2.41.